The van der Waals surface area contributed by atoms with Crippen molar-refractivity contribution < 1.29 is 9.53 Å². The Kier molecular flexibility index (Phi) is 5.59. The minimum absolute atomic E-state index is 0.235. The Bertz CT molecular complexity index is 855. The van der Waals surface area contributed by atoms with Crippen LogP contribution in [0.25, 0.3) is 0 Å². The largest absolute Gasteiger partial charge is 0.489 e. The molecule has 1 heterocycles. The number of nitrogens with zero attached hydrogens (tertiary/aromatic N) is 1. The average Bonchev–Trinajstić information content (AvgIpc) is 3.06. The monoisotopic (exact) mass is 350 g/mol. The maximum atomic E-state index is 12.1. The number of carbonyl (C=O) groups excluding carboxylic acids is 1. The van der Waals surface area contributed by atoms with Gasteiger partial charge in [0.15, 0.2) is 0 Å². The lowest BCUT2D eigenvalue weighted by molar-refractivity contribution is 0.0955. The minimum atomic E-state index is -0.235. The zero-order chi connectivity index (χ0) is 17.5. The van der Waals surface area contributed by atoms with E-state index in [0.29, 0.717) is 12.2 Å². The van der Waals surface area contributed by atoms with Crippen molar-refractivity contribution in [2.75, 3.05) is 0 Å². The number of aryl methyl sites for hydroxylation is 1. The van der Waals surface area contributed by atoms with Crippen LogP contribution in [0.1, 0.15) is 26.4 Å². The topological polar surface area (TPSA) is 50.7 Å². The highest BCUT2D eigenvalue weighted by Gasteiger charge is 2.04. The summed E-state index contributed by atoms with van der Waals surface area (Å²) in [5.74, 6) is 0.587. The smallest absolute Gasteiger partial charge is 0.271 e. The van der Waals surface area contributed by atoms with Gasteiger partial charge in [-0.15, -0.1) is 11.3 Å². The lowest BCUT2D eigenvalue weighted by Gasteiger charge is -2.06. The summed E-state index contributed by atoms with van der Waals surface area (Å²) in [4.78, 5) is 13.1. The molecule has 0 fully saturated rings. The van der Waals surface area contributed by atoms with Crippen molar-refractivity contribution in [1.82, 2.24) is 5.43 Å². The number of carbonyl (C=O) groups is 1. The molecule has 25 heavy (non-hydrogen) atoms. The summed E-state index contributed by atoms with van der Waals surface area (Å²) in [6.45, 7) is 2.47. The van der Waals surface area contributed by atoms with Gasteiger partial charge >= 0.3 is 0 Å². The Morgan fingerprint density at radius 3 is 2.56 bits per heavy atom. The van der Waals surface area contributed by atoms with Gasteiger partial charge in [0, 0.05) is 10.4 Å². The molecule has 0 aliphatic heterocycles. The van der Waals surface area contributed by atoms with Gasteiger partial charge < -0.3 is 4.74 Å². The van der Waals surface area contributed by atoms with Crippen molar-refractivity contribution >= 4 is 23.5 Å². The predicted molar refractivity (Wildman–Crippen MR) is 101 cm³/mol. The number of para-hydroxylation sites is 1. The molecule has 3 rings (SSSR count). The molecule has 4 nitrogen and oxygen atoms in total. The number of hydrazone groups is 1. The molecule has 0 saturated carbocycles. The highest BCUT2D eigenvalue weighted by Crippen LogP contribution is 2.13. The van der Waals surface area contributed by atoms with Crippen LogP contribution < -0.4 is 10.2 Å². The van der Waals surface area contributed by atoms with Crippen molar-refractivity contribution in [3.8, 4) is 5.75 Å². The molecule has 0 atom stereocenters. The molecule has 0 bridgehead atoms. The number of hydrogen-bond acceptors (Lipinski definition) is 4. The van der Waals surface area contributed by atoms with E-state index < -0.39 is 0 Å². The summed E-state index contributed by atoms with van der Waals surface area (Å²) in [6.07, 6.45) is 1.67. The standard InChI is InChI=1S/C20H18N2O2S/c1-15-11-12-25-19(15)13-21-22-20(23)17-9-7-16(8-10-17)14-24-18-5-3-2-4-6-18/h2-13H,14H2,1H3,(H,22,23)/b21-13-. The molecule has 5 heteroatoms. The van der Waals surface area contributed by atoms with E-state index in [4.69, 9.17) is 4.74 Å². The Hall–Kier alpha value is -2.92. The molecule has 0 radical (unpaired) electrons. The molecule has 2 aromatic carbocycles. The van der Waals surface area contributed by atoms with Crippen LogP contribution in [0.2, 0.25) is 0 Å². The normalized spacial score (nSPS) is 10.8. The summed E-state index contributed by atoms with van der Waals surface area (Å²) in [5.41, 5.74) is 5.25. The zero-order valence-corrected chi connectivity index (χ0v) is 14.6. The van der Waals surface area contributed by atoms with E-state index in [1.54, 1.807) is 29.7 Å². The summed E-state index contributed by atoms with van der Waals surface area (Å²) in [7, 11) is 0. The van der Waals surface area contributed by atoms with E-state index in [-0.39, 0.29) is 5.91 Å². The Morgan fingerprint density at radius 1 is 1.12 bits per heavy atom. The van der Waals surface area contributed by atoms with Gasteiger partial charge in [0.25, 0.3) is 5.91 Å². The number of ether oxygens (including phenoxy) is 1. The Labute approximate surface area is 150 Å². The number of amides is 1. The molecular weight excluding hydrogens is 332 g/mol. The molecule has 126 valence electrons. The SMILES string of the molecule is Cc1ccsc1/C=N\NC(=O)c1ccc(COc2ccccc2)cc1. The molecule has 0 aliphatic rings. The van der Waals surface area contributed by atoms with Gasteiger partial charge in [-0.2, -0.15) is 5.10 Å². The third-order valence-corrected chi connectivity index (χ3v) is 4.57. The second-order valence-electron chi connectivity index (χ2n) is 5.47. The fourth-order valence-corrected chi connectivity index (χ4v) is 2.95. The van der Waals surface area contributed by atoms with E-state index in [0.717, 1.165) is 21.8 Å². The van der Waals surface area contributed by atoms with E-state index >= 15 is 0 Å². The third kappa shape index (κ3) is 4.78. The van der Waals surface area contributed by atoms with Crippen molar-refractivity contribution in [2.24, 2.45) is 5.10 Å². The molecular formula is C20H18N2O2S. The molecule has 1 aromatic heterocycles. The van der Waals surface area contributed by atoms with Gasteiger partial charge in [0.2, 0.25) is 0 Å². The lowest BCUT2D eigenvalue weighted by atomic mass is 10.1. The molecule has 0 unspecified atom stereocenters. The van der Waals surface area contributed by atoms with Crippen LogP contribution in [0.15, 0.2) is 71.1 Å². The fourth-order valence-electron chi connectivity index (χ4n) is 2.17. The first-order chi connectivity index (χ1) is 12.2. The third-order valence-electron chi connectivity index (χ3n) is 3.61. The first-order valence-corrected chi connectivity index (χ1v) is 8.74. The Balaban J connectivity index is 1.53. The maximum absolute atomic E-state index is 12.1. The van der Waals surface area contributed by atoms with Crippen LogP contribution in [0, 0.1) is 6.92 Å². The van der Waals surface area contributed by atoms with Crippen LogP contribution >= 0.6 is 11.3 Å². The van der Waals surface area contributed by atoms with Crippen LogP contribution in [0.3, 0.4) is 0 Å². The minimum Gasteiger partial charge on any atom is -0.489 e. The highest BCUT2D eigenvalue weighted by atomic mass is 32.1. The summed E-state index contributed by atoms with van der Waals surface area (Å²) >= 11 is 1.59. The highest BCUT2D eigenvalue weighted by molar-refractivity contribution is 7.11. The number of thiophene rings is 1. The summed E-state index contributed by atoms with van der Waals surface area (Å²) < 4.78 is 5.69. The average molecular weight is 350 g/mol. The van der Waals surface area contributed by atoms with Crippen LogP contribution in [0.5, 0.6) is 5.75 Å². The van der Waals surface area contributed by atoms with Crippen LogP contribution in [-0.4, -0.2) is 12.1 Å². The van der Waals surface area contributed by atoms with E-state index in [2.05, 4.69) is 10.5 Å². The number of benzene rings is 2. The van der Waals surface area contributed by atoms with E-state index in [1.165, 1.54) is 0 Å². The van der Waals surface area contributed by atoms with Crippen molar-refractivity contribution in [1.29, 1.82) is 0 Å². The van der Waals surface area contributed by atoms with E-state index in [1.807, 2.05) is 60.8 Å². The van der Waals surface area contributed by atoms with Gasteiger partial charge in [0.1, 0.15) is 12.4 Å². The first kappa shape index (κ1) is 16.9. The molecule has 0 saturated heterocycles. The second kappa shape index (κ2) is 8.26. The predicted octanol–water partition coefficient (Wildman–Crippen LogP) is 4.40. The number of nitrogens with one attached hydrogen (secondary N) is 1. The van der Waals surface area contributed by atoms with Crippen molar-refractivity contribution in [3.05, 3.63) is 87.6 Å². The number of hydrogen-bond donors (Lipinski definition) is 1. The maximum Gasteiger partial charge on any atom is 0.271 e. The van der Waals surface area contributed by atoms with Gasteiger partial charge in [-0.05, 0) is 53.8 Å². The van der Waals surface area contributed by atoms with Crippen LogP contribution in [-0.2, 0) is 6.61 Å². The molecule has 0 aliphatic carbocycles. The second-order valence-corrected chi connectivity index (χ2v) is 6.41. The summed E-state index contributed by atoms with van der Waals surface area (Å²) in [5, 5.41) is 6.01. The molecule has 3 aromatic rings. The van der Waals surface area contributed by atoms with Gasteiger partial charge in [-0.25, -0.2) is 5.43 Å². The van der Waals surface area contributed by atoms with Gasteiger partial charge in [-0.1, -0.05) is 30.3 Å². The summed E-state index contributed by atoms with van der Waals surface area (Å²) in [6, 6.07) is 18.9. The van der Waals surface area contributed by atoms with Gasteiger partial charge in [0.05, 0.1) is 6.21 Å². The Morgan fingerprint density at radius 2 is 1.88 bits per heavy atom. The quantitative estimate of drug-likeness (QED) is 0.529. The zero-order valence-electron chi connectivity index (χ0n) is 13.8. The fraction of sp³-hybridized carbons (Fsp3) is 0.100. The molecule has 1 amide bonds. The van der Waals surface area contributed by atoms with Gasteiger partial charge in [-0.3, -0.25) is 4.79 Å². The number of rotatable bonds is 6. The van der Waals surface area contributed by atoms with Crippen LogP contribution in [0.4, 0.5) is 0 Å². The molecule has 1 N–H and O–H groups in total. The molecule has 0 spiro atoms. The van der Waals surface area contributed by atoms with Crippen molar-refractivity contribution in [3.63, 3.8) is 0 Å². The first-order valence-electron chi connectivity index (χ1n) is 7.86. The van der Waals surface area contributed by atoms with Crippen molar-refractivity contribution in [2.45, 2.75) is 13.5 Å². The lowest BCUT2D eigenvalue weighted by Crippen LogP contribution is -2.17. The van der Waals surface area contributed by atoms with E-state index in [9.17, 15) is 4.79 Å².